The van der Waals surface area contributed by atoms with Crippen molar-refractivity contribution in [3.63, 3.8) is 0 Å². The van der Waals surface area contributed by atoms with Gasteiger partial charge in [-0.15, -0.1) is 0 Å². The van der Waals surface area contributed by atoms with Crippen LogP contribution in [0.2, 0.25) is 5.02 Å². The van der Waals surface area contributed by atoms with E-state index in [0.717, 1.165) is 36.8 Å². The van der Waals surface area contributed by atoms with Gasteiger partial charge >= 0.3 is 0 Å². The Morgan fingerprint density at radius 3 is 2.73 bits per heavy atom. The Morgan fingerprint density at radius 1 is 1.30 bits per heavy atom. The monoisotopic (exact) mass is 424 g/mol. The second kappa shape index (κ2) is 10.2. The quantitative estimate of drug-likeness (QED) is 0.489. The van der Waals surface area contributed by atoms with E-state index < -0.39 is 0 Å². The molecule has 156 valence electrons. The highest BCUT2D eigenvalue weighted by molar-refractivity contribution is 6.32. The van der Waals surface area contributed by atoms with Crippen LogP contribution in [0.1, 0.15) is 42.4 Å². The number of halogens is 1. The van der Waals surface area contributed by atoms with Crippen molar-refractivity contribution in [1.82, 2.24) is 5.32 Å². The molecule has 1 aliphatic rings. The smallest absolute Gasteiger partial charge is 0.262 e. The van der Waals surface area contributed by atoms with Crippen LogP contribution >= 0.6 is 11.6 Å². The molecular weight excluding hydrogens is 400 g/mol. The van der Waals surface area contributed by atoms with Gasteiger partial charge in [0.2, 0.25) is 0 Å². The lowest BCUT2D eigenvalue weighted by Gasteiger charge is -2.14. The van der Waals surface area contributed by atoms with E-state index in [2.05, 4.69) is 5.32 Å². The van der Waals surface area contributed by atoms with Crippen LogP contribution in [0.5, 0.6) is 11.5 Å². The fraction of sp³-hybridized carbons (Fsp3) is 0.333. The minimum atomic E-state index is -0.362. The number of ether oxygens (including phenoxy) is 2. The summed E-state index contributed by atoms with van der Waals surface area (Å²) in [5.74, 6) is 0.501. The highest BCUT2D eigenvalue weighted by Crippen LogP contribution is 2.37. The summed E-state index contributed by atoms with van der Waals surface area (Å²) in [6.45, 7) is 2.37. The summed E-state index contributed by atoms with van der Waals surface area (Å²) in [5, 5.41) is 12.7. The zero-order chi connectivity index (χ0) is 21.5. The molecule has 0 spiro atoms. The van der Waals surface area contributed by atoms with Crippen molar-refractivity contribution in [2.75, 3.05) is 7.11 Å². The van der Waals surface area contributed by atoms with Crippen molar-refractivity contribution in [3.8, 4) is 17.6 Å². The first-order valence-corrected chi connectivity index (χ1v) is 10.4. The molecule has 6 heteroatoms. The van der Waals surface area contributed by atoms with Crippen LogP contribution in [0.15, 0.2) is 42.0 Å². The van der Waals surface area contributed by atoms with Crippen molar-refractivity contribution >= 4 is 23.6 Å². The summed E-state index contributed by atoms with van der Waals surface area (Å²) >= 11 is 6.44. The van der Waals surface area contributed by atoms with Crippen molar-refractivity contribution in [3.05, 3.63) is 63.7 Å². The SMILES string of the molecule is COc1cc(/C=C(/C#N)C(=O)NC2CCCC2)cc(Cl)c1OCc1cccc(C)c1. The van der Waals surface area contributed by atoms with Crippen LogP contribution < -0.4 is 14.8 Å². The van der Waals surface area contributed by atoms with E-state index in [0.29, 0.717) is 28.7 Å². The van der Waals surface area contributed by atoms with Crippen LogP contribution in [0.25, 0.3) is 6.08 Å². The molecule has 0 saturated heterocycles. The van der Waals surface area contributed by atoms with Crippen LogP contribution in [0.4, 0.5) is 0 Å². The molecule has 0 aromatic heterocycles. The summed E-state index contributed by atoms with van der Waals surface area (Å²) in [7, 11) is 1.52. The zero-order valence-electron chi connectivity index (χ0n) is 17.2. The molecule has 0 atom stereocenters. The summed E-state index contributed by atoms with van der Waals surface area (Å²) in [6, 6.07) is 13.5. The van der Waals surface area contributed by atoms with E-state index in [1.54, 1.807) is 12.1 Å². The van der Waals surface area contributed by atoms with Crippen molar-refractivity contribution in [1.29, 1.82) is 5.26 Å². The molecule has 1 fully saturated rings. The maximum atomic E-state index is 12.4. The molecule has 5 nitrogen and oxygen atoms in total. The highest BCUT2D eigenvalue weighted by Gasteiger charge is 2.20. The number of hydrogen-bond donors (Lipinski definition) is 1. The molecule has 1 saturated carbocycles. The summed E-state index contributed by atoms with van der Waals surface area (Å²) in [4.78, 5) is 12.4. The van der Waals surface area contributed by atoms with Gasteiger partial charge < -0.3 is 14.8 Å². The predicted molar refractivity (Wildman–Crippen MR) is 118 cm³/mol. The molecular formula is C24H25ClN2O3. The number of nitrogens with one attached hydrogen (secondary N) is 1. The number of amides is 1. The number of benzene rings is 2. The first-order chi connectivity index (χ1) is 14.5. The molecule has 2 aromatic rings. The molecule has 0 unspecified atom stereocenters. The van der Waals surface area contributed by atoms with Crippen LogP contribution in [-0.4, -0.2) is 19.1 Å². The van der Waals surface area contributed by atoms with Crippen molar-refractivity contribution < 1.29 is 14.3 Å². The molecule has 0 bridgehead atoms. The molecule has 0 aliphatic heterocycles. The zero-order valence-corrected chi connectivity index (χ0v) is 18.0. The van der Waals surface area contributed by atoms with Gasteiger partial charge in [0.25, 0.3) is 5.91 Å². The standard InChI is InChI=1S/C24H25ClN2O3/c1-16-6-5-7-17(10-16)15-30-23-21(25)12-18(13-22(23)29-2)11-19(14-26)24(28)27-20-8-3-4-9-20/h5-7,10-13,20H,3-4,8-9,15H2,1-2H3,(H,27,28)/b19-11-. The Kier molecular flexibility index (Phi) is 7.37. The third kappa shape index (κ3) is 5.55. The van der Waals surface area contributed by atoms with E-state index in [-0.39, 0.29) is 17.5 Å². The summed E-state index contributed by atoms with van der Waals surface area (Å²) < 4.78 is 11.3. The van der Waals surface area contributed by atoms with E-state index >= 15 is 0 Å². The van der Waals surface area contributed by atoms with E-state index in [1.165, 1.54) is 13.2 Å². The lowest BCUT2D eigenvalue weighted by atomic mass is 10.1. The second-order valence-electron chi connectivity index (χ2n) is 7.44. The third-order valence-electron chi connectivity index (χ3n) is 5.08. The molecule has 1 N–H and O–H groups in total. The number of nitriles is 1. The van der Waals surface area contributed by atoms with Crippen molar-refractivity contribution in [2.45, 2.75) is 45.3 Å². The average molecular weight is 425 g/mol. The number of methoxy groups -OCH3 is 1. The first-order valence-electron chi connectivity index (χ1n) is 9.98. The molecule has 1 aliphatic carbocycles. The minimum Gasteiger partial charge on any atom is -0.493 e. The van der Waals surface area contributed by atoms with Gasteiger partial charge in [-0.2, -0.15) is 5.26 Å². The topological polar surface area (TPSA) is 71.3 Å². The Bertz CT molecular complexity index is 988. The van der Waals surface area contributed by atoms with Crippen LogP contribution in [-0.2, 0) is 11.4 Å². The normalized spacial score (nSPS) is 14.3. The maximum Gasteiger partial charge on any atom is 0.262 e. The number of carbonyl (C=O) groups is 1. The molecule has 0 radical (unpaired) electrons. The van der Waals surface area contributed by atoms with Gasteiger partial charge in [0.1, 0.15) is 18.2 Å². The first kappa shape index (κ1) is 21.7. The summed E-state index contributed by atoms with van der Waals surface area (Å²) in [5.41, 5.74) is 2.80. The predicted octanol–water partition coefficient (Wildman–Crippen LogP) is 5.20. The van der Waals surface area contributed by atoms with Gasteiger partial charge in [-0.1, -0.05) is 54.3 Å². The van der Waals surface area contributed by atoms with Crippen LogP contribution in [0, 0.1) is 18.3 Å². The van der Waals surface area contributed by atoms with Gasteiger partial charge in [-0.05, 0) is 49.1 Å². The van der Waals surface area contributed by atoms with E-state index in [4.69, 9.17) is 21.1 Å². The van der Waals surface area contributed by atoms with Gasteiger partial charge in [-0.25, -0.2) is 0 Å². The fourth-order valence-corrected chi connectivity index (χ4v) is 3.84. The second-order valence-corrected chi connectivity index (χ2v) is 7.84. The number of aryl methyl sites for hydroxylation is 1. The molecule has 3 rings (SSSR count). The number of rotatable bonds is 7. The molecule has 30 heavy (non-hydrogen) atoms. The van der Waals surface area contributed by atoms with E-state index in [9.17, 15) is 10.1 Å². The van der Waals surface area contributed by atoms with E-state index in [1.807, 2.05) is 37.3 Å². The average Bonchev–Trinajstić information content (AvgIpc) is 3.23. The number of hydrogen-bond acceptors (Lipinski definition) is 4. The lowest BCUT2D eigenvalue weighted by molar-refractivity contribution is -0.117. The number of nitrogens with zero attached hydrogens (tertiary/aromatic N) is 1. The fourth-order valence-electron chi connectivity index (χ4n) is 3.57. The maximum absolute atomic E-state index is 12.4. The Morgan fingerprint density at radius 2 is 2.07 bits per heavy atom. The Hall–Kier alpha value is -2.97. The van der Waals surface area contributed by atoms with Crippen molar-refractivity contribution in [2.24, 2.45) is 0 Å². The number of carbonyl (C=O) groups excluding carboxylic acids is 1. The van der Waals surface area contributed by atoms with Crippen LogP contribution in [0.3, 0.4) is 0 Å². The highest BCUT2D eigenvalue weighted by atomic mass is 35.5. The van der Waals surface area contributed by atoms with Gasteiger partial charge in [0.05, 0.1) is 12.1 Å². The summed E-state index contributed by atoms with van der Waals surface area (Å²) in [6.07, 6.45) is 5.64. The Labute approximate surface area is 182 Å². The molecule has 0 heterocycles. The lowest BCUT2D eigenvalue weighted by Crippen LogP contribution is -2.33. The third-order valence-corrected chi connectivity index (χ3v) is 5.36. The largest absolute Gasteiger partial charge is 0.493 e. The Balaban J connectivity index is 1.78. The molecule has 1 amide bonds. The van der Waals surface area contributed by atoms with Gasteiger partial charge in [0, 0.05) is 6.04 Å². The van der Waals surface area contributed by atoms with Gasteiger partial charge in [-0.3, -0.25) is 4.79 Å². The molecule has 2 aromatic carbocycles. The minimum absolute atomic E-state index is 0.0356. The van der Waals surface area contributed by atoms with Gasteiger partial charge in [0.15, 0.2) is 11.5 Å².